The number of hydrogen-bond donors (Lipinski definition) is 0. The van der Waals surface area contributed by atoms with E-state index in [4.69, 9.17) is 4.74 Å². The molecule has 5 nitrogen and oxygen atoms in total. The lowest BCUT2D eigenvalue weighted by molar-refractivity contribution is 0.392. The third-order valence-corrected chi connectivity index (χ3v) is 4.59. The van der Waals surface area contributed by atoms with Crippen molar-refractivity contribution in [2.45, 2.75) is 24.5 Å². The Morgan fingerprint density at radius 2 is 2.05 bits per heavy atom. The quantitative estimate of drug-likeness (QED) is 0.863. The summed E-state index contributed by atoms with van der Waals surface area (Å²) in [6.07, 6.45) is 2.89. The Morgan fingerprint density at radius 1 is 1.30 bits per heavy atom. The summed E-state index contributed by atoms with van der Waals surface area (Å²) in [5.74, 6) is 0.205. The van der Waals surface area contributed by atoms with Crippen LogP contribution in [0.3, 0.4) is 0 Å². The molecule has 0 amide bonds. The highest BCUT2D eigenvalue weighted by molar-refractivity contribution is 7.90. The average molecular weight is 292 g/mol. The van der Waals surface area contributed by atoms with E-state index in [0.29, 0.717) is 11.4 Å². The van der Waals surface area contributed by atoms with Gasteiger partial charge in [-0.25, -0.2) is 13.4 Å². The van der Waals surface area contributed by atoms with Crippen molar-refractivity contribution < 1.29 is 13.2 Å². The van der Waals surface area contributed by atoms with E-state index in [0.717, 1.165) is 11.3 Å². The zero-order valence-electron chi connectivity index (χ0n) is 11.6. The second kappa shape index (κ2) is 5.58. The van der Waals surface area contributed by atoms with E-state index in [1.165, 1.54) is 25.6 Å². The summed E-state index contributed by atoms with van der Waals surface area (Å²) in [7, 11) is -1.98. The lowest BCUT2D eigenvalue weighted by Crippen LogP contribution is -2.09. The minimum absolute atomic E-state index is 0.152. The molecule has 0 aromatic carbocycles. The van der Waals surface area contributed by atoms with E-state index in [1.54, 1.807) is 6.07 Å². The van der Waals surface area contributed by atoms with E-state index >= 15 is 0 Å². The van der Waals surface area contributed by atoms with Gasteiger partial charge in [-0.15, -0.1) is 0 Å². The minimum atomic E-state index is -3.46. The van der Waals surface area contributed by atoms with Crippen LogP contribution in [0.2, 0.25) is 0 Å². The molecular formula is C14H16N2O3S. The Hall–Kier alpha value is -1.95. The van der Waals surface area contributed by atoms with Crippen LogP contribution in [0.5, 0.6) is 5.88 Å². The fourth-order valence-electron chi connectivity index (χ4n) is 1.98. The van der Waals surface area contributed by atoms with Gasteiger partial charge in [0, 0.05) is 23.7 Å². The van der Waals surface area contributed by atoms with Gasteiger partial charge in [0.15, 0.2) is 9.84 Å². The van der Waals surface area contributed by atoms with Crippen molar-refractivity contribution in [1.29, 1.82) is 0 Å². The minimum Gasteiger partial charge on any atom is -0.481 e. The van der Waals surface area contributed by atoms with Gasteiger partial charge >= 0.3 is 0 Å². The largest absolute Gasteiger partial charge is 0.481 e. The highest BCUT2D eigenvalue weighted by Crippen LogP contribution is 2.25. The first-order valence-corrected chi connectivity index (χ1v) is 7.73. The van der Waals surface area contributed by atoms with E-state index in [9.17, 15) is 8.42 Å². The Morgan fingerprint density at radius 3 is 2.65 bits per heavy atom. The van der Waals surface area contributed by atoms with Crippen LogP contribution in [0, 0.1) is 13.8 Å². The zero-order valence-corrected chi connectivity index (χ0v) is 12.4. The predicted molar refractivity (Wildman–Crippen MR) is 75.4 cm³/mol. The van der Waals surface area contributed by atoms with Gasteiger partial charge in [0.2, 0.25) is 5.88 Å². The number of aromatic nitrogens is 2. The monoisotopic (exact) mass is 292 g/mol. The number of sulfone groups is 1. The molecule has 0 saturated carbocycles. The number of methoxy groups -OCH3 is 1. The smallest absolute Gasteiger partial charge is 0.217 e. The number of ether oxygens (including phenoxy) is 1. The molecule has 0 aliphatic rings. The molecule has 6 heteroatoms. The highest BCUT2D eigenvalue weighted by Gasteiger charge is 2.20. The number of nitrogens with zero attached hydrogens (tertiary/aromatic N) is 2. The van der Waals surface area contributed by atoms with Crippen LogP contribution in [-0.2, 0) is 15.6 Å². The Bertz CT molecular complexity index is 713. The number of rotatable bonds is 4. The fourth-order valence-corrected chi connectivity index (χ4v) is 3.38. The van der Waals surface area contributed by atoms with Crippen LogP contribution in [0.15, 0.2) is 35.5 Å². The van der Waals surface area contributed by atoms with Crippen LogP contribution in [0.25, 0.3) is 0 Å². The molecule has 0 aliphatic carbocycles. The summed E-state index contributed by atoms with van der Waals surface area (Å²) in [6, 6.07) is 4.98. The normalized spacial score (nSPS) is 11.3. The molecule has 2 aromatic rings. The third-order valence-electron chi connectivity index (χ3n) is 2.96. The molecule has 2 aromatic heterocycles. The van der Waals surface area contributed by atoms with E-state index < -0.39 is 9.84 Å². The van der Waals surface area contributed by atoms with Crippen LogP contribution in [0.4, 0.5) is 0 Å². The van der Waals surface area contributed by atoms with Gasteiger partial charge < -0.3 is 4.74 Å². The summed E-state index contributed by atoms with van der Waals surface area (Å²) in [4.78, 5) is 8.27. The Labute approximate surface area is 118 Å². The second-order valence-corrected chi connectivity index (χ2v) is 6.51. The lowest BCUT2D eigenvalue weighted by Gasteiger charge is -2.12. The molecule has 0 aliphatic heterocycles. The number of hydrogen-bond acceptors (Lipinski definition) is 5. The Kier molecular flexibility index (Phi) is 4.04. The molecule has 2 heterocycles. The molecule has 0 radical (unpaired) electrons. The summed E-state index contributed by atoms with van der Waals surface area (Å²) < 4.78 is 30.0. The van der Waals surface area contributed by atoms with Gasteiger partial charge in [0.1, 0.15) is 0 Å². The van der Waals surface area contributed by atoms with Gasteiger partial charge in [0.25, 0.3) is 0 Å². The van der Waals surface area contributed by atoms with Crippen molar-refractivity contribution in [1.82, 2.24) is 9.97 Å². The summed E-state index contributed by atoms with van der Waals surface area (Å²) in [6.45, 7) is 3.69. The van der Waals surface area contributed by atoms with Gasteiger partial charge in [-0.05, 0) is 37.6 Å². The summed E-state index contributed by atoms with van der Waals surface area (Å²) >= 11 is 0. The van der Waals surface area contributed by atoms with Crippen molar-refractivity contribution in [3.05, 3.63) is 47.4 Å². The average Bonchev–Trinajstić information content (AvgIpc) is 2.42. The standard InChI is InChI=1S/C14H16N2O3S/c1-10-7-11(2)16-14(19-3)13(10)9-20(17,18)12-5-4-6-15-8-12/h4-8H,9H2,1-3H3. The molecule has 2 rings (SSSR count). The topological polar surface area (TPSA) is 69.2 Å². The number of aryl methyl sites for hydroxylation is 2. The van der Waals surface area contributed by atoms with E-state index in [-0.39, 0.29) is 10.6 Å². The van der Waals surface area contributed by atoms with Crippen LogP contribution in [0.1, 0.15) is 16.8 Å². The van der Waals surface area contributed by atoms with E-state index in [1.807, 2.05) is 19.9 Å². The Balaban J connectivity index is 2.45. The highest BCUT2D eigenvalue weighted by atomic mass is 32.2. The first-order valence-electron chi connectivity index (χ1n) is 6.08. The molecule has 0 atom stereocenters. The van der Waals surface area contributed by atoms with Crippen molar-refractivity contribution in [2.75, 3.05) is 7.11 Å². The molecule has 106 valence electrons. The molecule has 0 spiro atoms. The maximum atomic E-state index is 12.4. The second-order valence-electron chi connectivity index (χ2n) is 4.52. The molecular weight excluding hydrogens is 276 g/mol. The van der Waals surface area contributed by atoms with Crippen molar-refractivity contribution >= 4 is 9.84 Å². The molecule has 0 fully saturated rings. The molecule has 20 heavy (non-hydrogen) atoms. The summed E-state index contributed by atoms with van der Waals surface area (Å²) in [5.41, 5.74) is 2.23. The lowest BCUT2D eigenvalue weighted by atomic mass is 10.1. The first kappa shape index (κ1) is 14.5. The van der Waals surface area contributed by atoms with Crippen molar-refractivity contribution in [2.24, 2.45) is 0 Å². The van der Waals surface area contributed by atoms with Gasteiger partial charge in [0.05, 0.1) is 17.8 Å². The molecule has 0 saturated heterocycles. The van der Waals surface area contributed by atoms with Gasteiger partial charge in [-0.2, -0.15) is 0 Å². The SMILES string of the molecule is COc1nc(C)cc(C)c1CS(=O)(=O)c1cccnc1. The van der Waals surface area contributed by atoms with Crippen LogP contribution >= 0.6 is 0 Å². The van der Waals surface area contributed by atoms with Crippen molar-refractivity contribution in [3.63, 3.8) is 0 Å². The maximum Gasteiger partial charge on any atom is 0.217 e. The third kappa shape index (κ3) is 2.96. The van der Waals surface area contributed by atoms with Gasteiger partial charge in [-0.3, -0.25) is 4.98 Å². The number of pyridine rings is 2. The molecule has 0 N–H and O–H groups in total. The fraction of sp³-hybridized carbons (Fsp3) is 0.286. The van der Waals surface area contributed by atoms with E-state index in [2.05, 4.69) is 9.97 Å². The predicted octanol–water partition coefficient (Wildman–Crippen LogP) is 2.08. The maximum absolute atomic E-state index is 12.4. The molecule has 0 unspecified atom stereocenters. The van der Waals surface area contributed by atoms with Crippen LogP contribution < -0.4 is 4.74 Å². The van der Waals surface area contributed by atoms with Gasteiger partial charge in [-0.1, -0.05) is 0 Å². The van der Waals surface area contributed by atoms with Crippen LogP contribution in [-0.4, -0.2) is 25.5 Å². The molecule has 0 bridgehead atoms. The first-order chi connectivity index (χ1) is 9.44. The van der Waals surface area contributed by atoms with Crippen molar-refractivity contribution in [3.8, 4) is 5.88 Å². The zero-order chi connectivity index (χ0) is 14.8. The summed E-state index contributed by atoms with van der Waals surface area (Å²) in [5, 5.41) is 0.